The molecule has 0 spiro atoms. The second-order valence-corrected chi connectivity index (χ2v) is 5.13. The van der Waals surface area contributed by atoms with Crippen molar-refractivity contribution in [2.24, 2.45) is 5.73 Å². The van der Waals surface area contributed by atoms with Crippen molar-refractivity contribution < 1.29 is 14.3 Å². The van der Waals surface area contributed by atoms with Crippen molar-refractivity contribution in [1.82, 2.24) is 0 Å². The number of hydrogen-bond donors (Lipinski definition) is 2. The first-order valence-electron chi connectivity index (χ1n) is 7.46. The molecule has 5 heteroatoms. The number of aryl methyl sites for hydroxylation is 1. The van der Waals surface area contributed by atoms with Gasteiger partial charge in [-0.25, -0.2) is 0 Å². The van der Waals surface area contributed by atoms with Gasteiger partial charge in [-0.05, 0) is 35.7 Å². The summed E-state index contributed by atoms with van der Waals surface area (Å²) in [5, 5.41) is 2.74. The summed E-state index contributed by atoms with van der Waals surface area (Å²) in [5.74, 6) is -0.0942. The number of rotatable bonds is 7. The van der Waals surface area contributed by atoms with Gasteiger partial charge < -0.3 is 15.8 Å². The summed E-state index contributed by atoms with van der Waals surface area (Å²) in [6, 6.07) is 14.7. The molecule has 3 N–H and O–H groups in total. The molecule has 0 aliphatic rings. The number of anilines is 1. The van der Waals surface area contributed by atoms with Gasteiger partial charge >= 0.3 is 0 Å². The van der Waals surface area contributed by atoms with Crippen molar-refractivity contribution in [3.8, 4) is 5.75 Å². The van der Waals surface area contributed by atoms with Crippen molar-refractivity contribution in [3.63, 3.8) is 0 Å². The Morgan fingerprint density at radius 1 is 1.09 bits per heavy atom. The lowest BCUT2D eigenvalue weighted by molar-refractivity contribution is -0.118. The van der Waals surface area contributed by atoms with Crippen LogP contribution in [-0.4, -0.2) is 18.4 Å². The van der Waals surface area contributed by atoms with Crippen LogP contribution in [0.25, 0.3) is 0 Å². The number of para-hydroxylation sites is 1. The molecule has 2 aromatic carbocycles. The standard InChI is InChI=1S/C18H20N2O3/c1-2-13-7-9-15(10-8-13)23-12-18(22)20-16-6-4-3-5-14(16)11-17(19)21/h3-10H,2,11-12H2,1H3,(H2,19,21)(H,20,22). The van der Waals surface area contributed by atoms with Gasteiger partial charge in [0.25, 0.3) is 5.91 Å². The minimum Gasteiger partial charge on any atom is -0.484 e. The van der Waals surface area contributed by atoms with E-state index >= 15 is 0 Å². The quantitative estimate of drug-likeness (QED) is 0.823. The zero-order valence-electron chi connectivity index (χ0n) is 13.0. The lowest BCUT2D eigenvalue weighted by Crippen LogP contribution is -2.22. The summed E-state index contributed by atoms with van der Waals surface area (Å²) in [6.07, 6.45) is 1.03. The minimum absolute atomic E-state index is 0.0792. The number of carbonyl (C=O) groups is 2. The summed E-state index contributed by atoms with van der Waals surface area (Å²) < 4.78 is 5.46. The van der Waals surface area contributed by atoms with Crippen molar-refractivity contribution in [3.05, 3.63) is 59.7 Å². The van der Waals surface area contributed by atoms with Gasteiger partial charge in [0.05, 0.1) is 6.42 Å². The molecule has 0 heterocycles. The van der Waals surface area contributed by atoms with Gasteiger partial charge in [-0.2, -0.15) is 0 Å². The van der Waals surface area contributed by atoms with Gasteiger partial charge in [-0.15, -0.1) is 0 Å². The number of hydrogen-bond acceptors (Lipinski definition) is 3. The summed E-state index contributed by atoms with van der Waals surface area (Å²) >= 11 is 0. The third kappa shape index (κ3) is 5.14. The molecule has 0 fully saturated rings. The maximum atomic E-state index is 12.0. The van der Waals surface area contributed by atoms with Crippen molar-refractivity contribution >= 4 is 17.5 Å². The molecule has 5 nitrogen and oxygen atoms in total. The number of nitrogens with two attached hydrogens (primary N) is 1. The van der Waals surface area contributed by atoms with Gasteiger partial charge in [0.15, 0.2) is 6.61 Å². The van der Waals surface area contributed by atoms with Crippen molar-refractivity contribution in [2.75, 3.05) is 11.9 Å². The molecule has 0 atom stereocenters. The summed E-state index contributed by atoms with van der Waals surface area (Å²) in [6.45, 7) is 1.98. The van der Waals surface area contributed by atoms with Crippen LogP contribution in [0.2, 0.25) is 0 Å². The highest BCUT2D eigenvalue weighted by Crippen LogP contribution is 2.16. The first kappa shape index (κ1) is 16.5. The molecule has 0 unspecified atom stereocenters. The molecule has 0 saturated heterocycles. The van der Waals surface area contributed by atoms with E-state index < -0.39 is 5.91 Å². The second kappa shape index (κ2) is 7.98. The Labute approximate surface area is 135 Å². The summed E-state index contributed by atoms with van der Waals surface area (Å²) in [4.78, 5) is 23.0. The van der Waals surface area contributed by atoms with Crippen LogP contribution < -0.4 is 15.8 Å². The molecule has 0 aliphatic carbocycles. The summed E-state index contributed by atoms with van der Waals surface area (Å²) in [5.41, 5.74) is 7.67. The molecule has 0 aromatic heterocycles. The average molecular weight is 312 g/mol. The normalized spacial score (nSPS) is 10.1. The molecule has 0 bridgehead atoms. The molecule has 0 aliphatic heterocycles. The van der Waals surface area contributed by atoms with Crippen LogP contribution in [0.5, 0.6) is 5.75 Å². The first-order chi connectivity index (χ1) is 11.1. The van der Waals surface area contributed by atoms with E-state index in [1.54, 1.807) is 24.3 Å². The van der Waals surface area contributed by atoms with Crippen LogP contribution in [-0.2, 0) is 22.4 Å². The molecular formula is C18H20N2O3. The van der Waals surface area contributed by atoms with Crippen molar-refractivity contribution in [2.45, 2.75) is 19.8 Å². The van der Waals surface area contributed by atoms with Gasteiger partial charge in [0.1, 0.15) is 5.75 Å². The lowest BCUT2D eigenvalue weighted by Gasteiger charge is -2.11. The Kier molecular flexibility index (Phi) is 5.74. The van der Waals surface area contributed by atoms with E-state index in [9.17, 15) is 9.59 Å². The predicted octanol–water partition coefficient (Wildman–Crippen LogP) is 2.29. The van der Waals surface area contributed by atoms with Gasteiger partial charge in [0, 0.05) is 5.69 Å². The Balaban J connectivity index is 1.93. The van der Waals surface area contributed by atoms with E-state index in [0.29, 0.717) is 17.0 Å². The third-order valence-electron chi connectivity index (χ3n) is 3.36. The smallest absolute Gasteiger partial charge is 0.262 e. The van der Waals surface area contributed by atoms with Crippen LogP contribution >= 0.6 is 0 Å². The van der Waals surface area contributed by atoms with Gasteiger partial charge in [-0.3, -0.25) is 9.59 Å². The van der Waals surface area contributed by atoms with E-state index in [1.807, 2.05) is 24.3 Å². The second-order valence-electron chi connectivity index (χ2n) is 5.13. The van der Waals surface area contributed by atoms with E-state index in [4.69, 9.17) is 10.5 Å². The van der Waals surface area contributed by atoms with Crippen LogP contribution in [0.15, 0.2) is 48.5 Å². The fraction of sp³-hybridized carbons (Fsp3) is 0.222. The highest BCUT2D eigenvalue weighted by molar-refractivity contribution is 5.93. The molecule has 0 saturated carbocycles. The highest BCUT2D eigenvalue weighted by atomic mass is 16.5. The molecule has 0 radical (unpaired) electrons. The van der Waals surface area contributed by atoms with Gasteiger partial charge in [0.2, 0.25) is 5.91 Å². The van der Waals surface area contributed by atoms with Crippen LogP contribution in [0.1, 0.15) is 18.1 Å². The molecule has 2 rings (SSSR count). The number of primary amides is 1. The number of nitrogens with one attached hydrogen (secondary N) is 1. The van der Waals surface area contributed by atoms with Crippen LogP contribution in [0.4, 0.5) is 5.69 Å². The maximum Gasteiger partial charge on any atom is 0.262 e. The fourth-order valence-corrected chi connectivity index (χ4v) is 2.14. The average Bonchev–Trinajstić information content (AvgIpc) is 2.55. The third-order valence-corrected chi connectivity index (χ3v) is 3.36. The number of benzene rings is 2. The zero-order valence-corrected chi connectivity index (χ0v) is 13.0. The number of carbonyl (C=O) groups excluding carboxylic acids is 2. The first-order valence-corrected chi connectivity index (χ1v) is 7.46. The molecule has 2 amide bonds. The molecule has 120 valence electrons. The van der Waals surface area contributed by atoms with Crippen molar-refractivity contribution in [1.29, 1.82) is 0 Å². The van der Waals surface area contributed by atoms with E-state index in [-0.39, 0.29) is 18.9 Å². The molecule has 23 heavy (non-hydrogen) atoms. The zero-order chi connectivity index (χ0) is 16.7. The Hall–Kier alpha value is -2.82. The van der Waals surface area contributed by atoms with E-state index in [0.717, 1.165) is 6.42 Å². The van der Waals surface area contributed by atoms with E-state index in [2.05, 4.69) is 12.2 Å². The molecular weight excluding hydrogens is 292 g/mol. The summed E-state index contributed by atoms with van der Waals surface area (Å²) in [7, 11) is 0. The maximum absolute atomic E-state index is 12.0. The fourth-order valence-electron chi connectivity index (χ4n) is 2.14. The predicted molar refractivity (Wildman–Crippen MR) is 89.3 cm³/mol. The molecule has 2 aromatic rings. The van der Waals surface area contributed by atoms with E-state index in [1.165, 1.54) is 5.56 Å². The topological polar surface area (TPSA) is 81.4 Å². The van der Waals surface area contributed by atoms with Gasteiger partial charge in [-0.1, -0.05) is 37.3 Å². The monoisotopic (exact) mass is 312 g/mol. The SMILES string of the molecule is CCc1ccc(OCC(=O)Nc2ccccc2CC(N)=O)cc1. The largest absolute Gasteiger partial charge is 0.484 e. The van der Waals surface area contributed by atoms with Crippen LogP contribution in [0, 0.1) is 0 Å². The Bertz CT molecular complexity index is 681. The highest BCUT2D eigenvalue weighted by Gasteiger charge is 2.09. The lowest BCUT2D eigenvalue weighted by atomic mass is 10.1. The number of ether oxygens (including phenoxy) is 1. The minimum atomic E-state index is -0.445. The number of amides is 2. The van der Waals surface area contributed by atoms with Crippen LogP contribution in [0.3, 0.4) is 0 Å². The Morgan fingerprint density at radius 3 is 2.43 bits per heavy atom. The Morgan fingerprint density at radius 2 is 1.78 bits per heavy atom.